The third-order valence-electron chi connectivity index (χ3n) is 5.07. The van der Waals surface area contributed by atoms with Gasteiger partial charge in [-0.15, -0.1) is 0 Å². The fraction of sp³-hybridized carbons (Fsp3) is 0.933. The largest absolute Gasteiger partial charge is 0.480 e. The number of methoxy groups -OCH3 is 1. The van der Waals surface area contributed by atoms with Crippen LogP contribution in [0.2, 0.25) is 0 Å². The van der Waals surface area contributed by atoms with Crippen molar-refractivity contribution in [3.05, 3.63) is 0 Å². The lowest BCUT2D eigenvalue weighted by Crippen LogP contribution is -2.51. The Morgan fingerprint density at radius 2 is 2.25 bits per heavy atom. The minimum Gasteiger partial charge on any atom is -0.480 e. The highest BCUT2D eigenvalue weighted by atomic mass is 16.5. The van der Waals surface area contributed by atoms with Gasteiger partial charge in [0.05, 0.1) is 6.61 Å². The first kappa shape index (κ1) is 15.7. The molecule has 5 heteroatoms. The van der Waals surface area contributed by atoms with Gasteiger partial charge >= 0.3 is 5.97 Å². The summed E-state index contributed by atoms with van der Waals surface area (Å²) >= 11 is 0. The van der Waals surface area contributed by atoms with Crippen LogP contribution in [0.3, 0.4) is 0 Å². The normalized spacial score (nSPS) is 35.3. The fourth-order valence-corrected chi connectivity index (χ4v) is 3.85. The monoisotopic (exact) mass is 284 g/mol. The van der Waals surface area contributed by atoms with E-state index in [-0.39, 0.29) is 5.92 Å². The van der Waals surface area contributed by atoms with Crippen LogP contribution in [0.1, 0.15) is 38.5 Å². The molecule has 2 fully saturated rings. The number of nitrogens with two attached hydrogens (primary N) is 1. The number of aliphatic carboxylic acids is 1. The standard InChI is InChI=1S/C15H28N2O3/c1-20-11-12-4-3-8-17(10-12)9-6-13-5-2-7-15(13,16)14(18)19/h12-13H,2-11,16H2,1H3,(H,18,19). The van der Waals surface area contributed by atoms with Gasteiger partial charge < -0.3 is 20.5 Å². The molecule has 0 aromatic rings. The van der Waals surface area contributed by atoms with Gasteiger partial charge in [0.2, 0.25) is 0 Å². The Kier molecular flexibility index (Phi) is 5.41. The second-order valence-corrected chi connectivity index (χ2v) is 6.49. The molecule has 1 heterocycles. The molecule has 1 saturated heterocycles. The molecule has 1 saturated carbocycles. The summed E-state index contributed by atoms with van der Waals surface area (Å²) in [6.45, 7) is 4.00. The average molecular weight is 284 g/mol. The number of carboxylic acid groups (broad SMARTS) is 1. The maximum Gasteiger partial charge on any atom is 0.323 e. The third-order valence-corrected chi connectivity index (χ3v) is 5.07. The van der Waals surface area contributed by atoms with Gasteiger partial charge in [0.15, 0.2) is 0 Å². The molecule has 3 N–H and O–H groups in total. The van der Waals surface area contributed by atoms with Gasteiger partial charge in [0.25, 0.3) is 0 Å². The van der Waals surface area contributed by atoms with Crippen molar-refractivity contribution >= 4 is 5.97 Å². The summed E-state index contributed by atoms with van der Waals surface area (Å²) < 4.78 is 5.25. The first-order valence-electron chi connectivity index (χ1n) is 7.80. The summed E-state index contributed by atoms with van der Waals surface area (Å²) in [6, 6.07) is 0. The maximum absolute atomic E-state index is 11.4. The number of hydrogen-bond donors (Lipinski definition) is 2. The van der Waals surface area contributed by atoms with Gasteiger partial charge in [-0.2, -0.15) is 0 Å². The number of carboxylic acids is 1. The van der Waals surface area contributed by atoms with Crippen LogP contribution in [-0.4, -0.2) is 54.9 Å². The van der Waals surface area contributed by atoms with Crippen molar-refractivity contribution < 1.29 is 14.6 Å². The highest BCUT2D eigenvalue weighted by Crippen LogP contribution is 2.36. The molecule has 5 nitrogen and oxygen atoms in total. The highest BCUT2D eigenvalue weighted by molar-refractivity contribution is 5.79. The summed E-state index contributed by atoms with van der Waals surface area (Å²) in [6.07, 6.45) is 5.88. The van der Waals surface area contributed by atoms with E-state index in [0.29, 0.717) is 12.3 Å². The lowest BCUT2D eigenvalue weighted by Gasteiger charge is -2.34. The summed E-state index contributed by atoms with van der Waals surface area (Å²) in [4.78, 5) is 13.8. The van der Waals surface area contributed by atoms with E-state index in [1.807, 2.05) is 0 Å². The summed E-state index contributed by atoms with van der Waals surface area (Å²) in [5.41, 5.74) is 5.11. The lowest BCUT2D eigenvalue weighted by atomic mass is 9.85. The highest BCUT2D eigenvalue weighted by Gasteiger charge is 2.45. The lowest BCUT2D eigenvalue weighted by molar-refractivity contribution is -0.144. The summed E-state index contributed by atoms with van der Waals surface area (Å²) in [5, 5.41) is 9.34. The quantitative estimate of drug-likeness (QED) is 0.769. The van der Waals surface area contributed by atoms with Crippen LogP contribution in [0.5, 0.6) is 0 Å². The Morgan fingerprint density at radius 3 is 2.95 bits per heavy atom. The van der Waals surface area contributed by atoms with Crippen LogP contribution < -0.4 is 5.73 Å². The molecule has 0 aromatic heterocycles. The summed E-state index contributed by atoms with van der Waals surface area (Å²) in [7, 11) is 1.76. The molecule has 3 atom stereocenters. The van der Waals surface area contributed by atoms with Crippen LogP contribution in [0.25, 0.3) is 0 Å². The van der Waals surface area contributed by atoms with E-state index in [2.05, 4.69) is 4.90 Å². The number of hydrogen-bond acceptors (Lipinski definition) is 4. The number of nitrogens with zero attached hydrogens (tertiary/aromatic N) is 1. The first-order chi connectivity index (χ1) is 9.56. The zero-order valence-corrected chi connectivity index (χ0v) is 12.5. The van der Waals surface area contributed by atoms with Gasteiger partial charge in [0.1, 0.15) is 5.54 Å². The zero-order valence-electron chi connectivity index (χ0n) is 12.5. The van der Waals surface area contributed by atoms with Crippen molar-refractivity contribution in [3.8, 4) is 0 Å². The predicted molar refractivity (Wildman–Crippen MR) is 77.6 cm³/mol. The molecule has 0 spiro atoms. The Labute approximate surface area is 121 Å². The third kappa shape index (κ3) is 3.51. The fourth-order valence-electron chi connectivity index (χ4n) is 3.85. The van der Waals surface area contributed by atoms with Crippen molar-refractivity contribution in [2.75, 3.05) is 33.4 Å². The van der Waals surface area contributed by atoms with Gasteiger partial charge in [-0.05, 0) is 57.0 Å². The SMILES string of the molecule is COCC1CCCN(CCC2CCCC2(N)C(=O)O)C1. The van der Waals surface area contributed by atoms with Gasteiger partial charge in [-0.25, -0.2) is 0 Å². The van der Waals surface area contributed by atoms with E-state index >= 15 is 0 Å². The smallest absolute Gasteiger partial charge is 0.323 e. The molecule has 3 unspecified atom stereocenters. The molecular formula is C15H28N2O3. The molecule has 1 aliphatic heterocycles. The van der Waals surface area contributed by atoms with Crippen molar-refractivity contribution in [2.24, 2.45) is 17.6 Å². The predicted octanol–water partition coefficient (Wildman–Crippen LogP) is 1.32. The molecule has 116 valence electrons. The first-order valence-corrected chi connectivity index (χ1v) is 7.80. The summed E-state index contributed by atoms with van der Waals surface area (Å²) in [5.74, 6) is -0.0712. The Morgan fingerprint density at radius 1 is 1.45 bits per heavy atom. The molecule has 0 amide bonds. The van der Waals surface area contributed by atoms with Crippen molar-refractivity contribution in [1.29, 1.82) is 0 Å². The van der Waals surface area contributed by atoms with E-state index < -0.39 is 11.5 Å². The van der Waals surface area contributed by atoms with Crippen LogP contribution in [-0.2, 0) is 9.53 Å². The van der Waals surface area contributed by atoms with Crippen molar-refractivity contribution in [2.45, 2.75) is 44.1 Å². The van der Waals surface area contributed by atoms with Gasteiger partial charge in [-0.1, -0.05) is 6.42 Å². The van der Waals surface area contributed by atoms with Crippen LogP contribution >= 0.6 is 0 Å². The molecular weight excluding hydrogens is 256 g/mol. The van der Waals surface area contributed by atoms with Crippen molar-refractivity contribution in [1.82, 2.24) is 4.90 Å². The van der Waals surface area contributed by atoms with Crippen LogP contribution in [0.4, 0.5) is 0 Å². The molecule has 20 heavy (non-hydrogen) atoms. The van der Waals surface area contributed by atoms with Gasteiger partial charge in [0, 0.05) is 13.7 Å². The molecule has 0 bridgehead atoms. The second kappa shape index (κ2) is 6.87. The number of piperidine rings is 1. The number of likely N-dealkylation sites (tertiary alicyclic amines) is 1. The van der Waals surface area contributed by atoms with E-state index in [9.17, 15) is 9.90 Å². The second-order valence-electron chi connectivity index (χ2n) is 6.49. The topological polar surface area (TPSA) is 75.8 Å². The van der Waals surface area contributed by atoms with Crippen LogP contribution in [0.15, 0.2) is 0 Å². The molecule has 0 aromatic carbocycles. The number of rotatable bonds is 6. The molecule has 2 aliphatic rings. The van der Waals surface area contributed by atoms with Crippen LogP contribution in [0, 0.1) is 11.8 Å². The van der Waals surface area contributed by atoms with E-state index in [1.54, 1.807) is 7.11 Å². The zero-order chi connectivity index (χ0) is 14.6. The Hall–Kier alpha value is -0.650. The van der Waals surface area contributed by atoms with Gasteiger partial charge in [-0.3, -0.25) is 4.79 Å². The van der Waals surface area contributed by atoms with E-state index in [0.717, 1.165) is 45.5 Å². The minimum atomic E-state index is -0.984. The Bertz CT molecular complexity index is 335. The van der Waals surface area contributed by atoms with Crippen molar-refractivity contribution in [3.63, 3.8) is 0 Å². The molecule has 1 aliphatic carbocycles. The minimum absolute atomic E-state index is 0.128. The number of carbonyl (C=O) groups is 1. The average Bonchev–Trinajstić information content (AvgIpc) is 2.80. The molecule has 2 rings (SSSR count). The molecule has 0 radical (unpaired) electrons. The number of ether oxygens (including phenoxy) is 1. The van der Waals surface area contributed by atoms with E-state index in [1.165, 1.54) is 12.8 Å². The maximum atomic E-state index is 11.4. The van der Waals surface area contributed by atoms with E-state index in [4.69, 9.17) is 10.5 Å². The Balaban J connectivity index is 1.81.